The molecule has 1 atom stereocenters. The first kappa shape index (κ1) is 15.5. The summed E-state index contributed by atoms with van der Waals surface area (Å²) in [6.07, 6.45) is 3.18. The number of anilines is 1. The molecule has 0 aliphatic carbocycles. The van der Waals surface area contributed by atoms with E-state index in [9.17, 15) is 4.79 Å². The third kappa shape index (κ3) is 3.83. The van der Waals surface area contributed by atoms with Gasteiger partial charge in [-0.05, 0) is 30.0 Å². The number of fused-ring (bicyclic) bond motifs is 1. The Morgan fingerprint density at radius 3 is 2.90 bits per heavy atom. The number of nitrogens with two attached hydrogens (primary N) is 1. The number of carbonyl (C=O) groups excluding carboxylic acids is 1. The molecule has 3 N–H and O–H groups in total. The molecule has 21 heavy (non-hydrogen) atoms. The summed E-state index contributed by atoms with van der Waals surface area (Å²) in [4.78, 5) is 12.0. The van der Waals surface area contributed by atoms with Gasteiger partial charge in [0.05, 0.1) is 18.0 Å². The first-order valence-electron chi connectivity index (χ1n) is 7.29. The van der Waals surface area contributed by atoms with Crippen molar-refractivity contribution in [3.63, 3.8) is 0 Å². The molecule has 0 saturated heterocycles. The summed E-state index contributed by atoms with van der Waals surface area (Å²) in [6.45, 7) is 3.46. The molecule has 0 spiro atoms. The fraction of sp³-hybridized carbons (Fsp3) is 0.438. The molecule has 2 rings (SSSR count). The molecule has 1 amide bonds. The molecule has 1 aromatic heterocycles. The zero-order valence-electron chi connectivity index (χ0n) is 12.6. The minimum atomic E-state index is -0.238. The number of nitrogens with zero attached hydrogens (tertiary/aromatic N) is 1. The van der Waals surface area contributed by atoms with Gasteiger partial charge in [-0.3, -0.25) is 4.79 Å². The Balaban J connectivity index is 2.11. The fourth-order valence-electron chi connectivity index (χ4n) is 2.38. The van der Waals surface area contributed by atoms with E-state index in [0.717, 1.165) is 24.2 Å². The molecule has 0 aliphatic heterocycles. The van der Waals surface area contributed by atoms with Gasteiger partial charge in [0.2, 0.25) is 5.91 Å². The van der Waals surface area contributed by atoms with Crippen molar-refractivity contribution in [2.75, 3.05) is 19.0 Å². The summed E-state index contributed by atoms with van der Waals surface area (Å²) in [5.41, 5.74) is 7.47. The van der Waals surface area contributed by atoms with Crippen LogP contribution in [0.15, 0.2) is 30.5 Å². The second-order valence-corrected chi connectivity index (χ2v) is 5.13. The van der Waals surface area contributed by atoms with Crippen LogP contribution in [0.1, 0.15) is 19.8 Å². The van der Waals surface area contributed by atoms with Gasteiger partial charge in [0.15, 0.2) is 0 Å². The van der Waals surface area contributed by atoms with Gasteiger partial charge in [-0.25, -0.2) is 0 Å². The highest BCUT2D eigenvalue weighted by atomic mass is 16.5. The molecule has 1 heterocycles. The number of nitrogens with one attached hydrogen (secondary N) is 1. The smallest absolute Gasteiger partial charge is 0.227 e. The third-order valence-electron chi connectivity index (χ3n) is 3.53. The second-order valence-electron chi connectivity index (χ2n) is 5.13. The number of aryl methyl sites for hydroxylation is 1. The van der Waals surface area contributed by atoms with Crippen molar-refractivity contribution in [3.8, 4) is 0 Å². The monoisotopic (exact) mass is 289 g/mol. The summed E-state index contributed by atoms with van der Waals surface area (Å²) in [6, 6.07) is 8.04. The Morgan fingerprint density at radius 1 is 1.43 bits per heavy atom. The number of amides is 1. The maximum atomic E-state index is 12.0. The SMILES string of the molecule is CCCn1ccc2ccc(NC(=O)CC(CN)OC)cc21. The van der Waals surface area contributed by atoms with Crippen LogP contribution in [0.5, 0.6) is 0 Å². The summed E-state index contributed by atoms with van der Waals surface area (Å²) < 4.78 is 7.32. The third-order valence-corrected chi connectivity index (χ3v) is 3.53. The van der Waals surface area contributed by atoms with E-state index in [1.807, 2.05) is 18.2 Å². The quantitative estimate of drug-likeness (QED) is 0.822. The molecule has 114 valence electrons. The van der Waals surface area contributed by atoms with E-state index in [1.165, 1.54) is 5.39 Å². The van der Waals surface area contributed by atoms with Crippen LogP contribution in [-0.4, -0.2) is 30.2 Å². The standard InChI is InChI=1S/C16H23N3O2/c1-3-7-19-8-6-12-4-5-13(9-15(12)19)18-16(20)10-14(11-17)21-2/h4-6,8-9,14H,3,7,10-11,17H2,1-2H3,(H,18,20). The van der Waals surface area contributed by atoms with Gasteiger partial charge >= 0.3 is 0 Å². The summed E-state index contributed by atoms with van der Waals surface area (Å²) in [5, 5.41) is 4.08. The van der Waals surface area contributed by atoms with Crippen LogP contribution in [0.25, 0.3) is 10.9 Å². The molecule has 1 aromatic carbocycles. The predicted molar refractivity (Wildman–Crippen MR) is 85.3 cm³/mol. The van der Waals surface area contributed by atoms with E-state index in [4.69, 9.17) is 10.5 Å². The molecule has 0 saturated carbocycles. The molecular weight excluding hydrogens is 266 g/mol. The Kier molecular flexibility index (Phi) is 5.36. The zero-order valence-corrected chi connectivity index (χ0v) is 12.6. The van der Waals surface area contributed by atoms with Gasteiger partial charge < -0.3 is 20.4 Å². The van der Waals surface area contributed by atoms with Crippen molar-refractivity contribution in [2.45, 2.75) is 32.4 Å². The molecule has 1 unspecified atom stereocenters. The van der Waals surface area contributed by atoms with Gasteiger partial charge in [-0.15, -0.1) is 0 Å². The normalized spacial score (nSPS) is 12.5. The zero-order chi connectivity index (χ0) is 15.2. The maximum Gasteiger partial charge on any atom is 0.227 e. The largest absolute Gasteiger partial charge is 0.380 e. The summed E-state index contributed by atoms with van der Waals surface area (Å²) in [5.74, 6) is -0.0831. The lowest BCUT2D eigenvalue weighted by Gasteiger charge is -2.13. The van der Waals surface area contributed by atoms with Gasteiger partial charge in [-0.1, -0.05) is 13.0 Å². The van der Waals surface area contributed by atoms with Crippen molar-refractivity contribution in [1.82, 2.24) is 4.57 Å². The number of hydrogen-bond acceptors (Lipinski definition) is 3. The van der Waals surface area contributed by atoms with Crippen LogP contribution in [-0.2, 0) is 16.1 Å². The van der Waals surface area contributed by atoms with Crippen LogP contribution in [0.3, 0.4) is 0 Å². The number of methoxy groups -OCH3 is 1. The molecule has 0 radical (unpaired) electrons. The van der Waals surface area contributed by atoms with Crippen molar-refractivity contribution in [1.29, 1.82) is 0 Å². The Morgan fingerprint density at radius 2 is 2.24 bits per heavy atom. The van der Waals surface area contributed by atoms with Gasteiger partial charge in [0.25, 0.3) is 0 Å². The van der Waals surface area contributed by atoms with E-state index < -0.39 is 0 Å². The Labute approximate surface area is 125 Å². The first-order chi connectivity index (χ1) is 10.2. The summed E-state index contributed by atoms with van der Waals surface area (Å²) >= 11 is 0. The van der Waals surface area contributed by atoms with E-state index in [1.54, 1.807) is 7.11 Å². The molecular formula is C16H23N3O2. The highest BCUT2D eigenvalue weighted by molar-refractivity contribution is 5.94. The predicted octanol–water partition coefficient (Wildman–Crippen LogP) is 2.35. The van der Waals surface area contributed by atoms with E-state index in [2.05, 4.69) is 29.1 Å². The van der Waals surface area contributed by atoms with Crippen LogP contribution in [0.4, 0.5) is 5.69 Å². The van der Waals surface area contributed by atoms with Crippen LogP contribution in [0.2, 0.25) is 0 Å². The van der Waals surface area contributed by atoms with Crippen molar-refractivity contribution in [3.05, 3.63) is 30.5 Å². The number of carbonyl (C=O) groups is 1. The molecule has 5 nitrogen and oxygen atoms in total. The molecule has 0 bridgehead atoms. The highest BCUT2D eigenvalue weighted by Gasteiger charge is 2.12. The van der Waals surface area contributed by atoms with Crippen LogP contribution < -0.4 is 11.1 Å². The molecule has 0 aliphatic rings. The highest BCUT2D eigenvalue weighted by Crippen LogP contribution is 2.21. The summed E-state index contributed by atoms with van der Waals surface area (Å²) in [7, 11) is 1.56. The Hall–Kier alpha value is -1.85. The van der Waals surface area contributed by atoms with E-state index in [0.29, 0.717) is 6.54 Å². The van der Waals surface area contributed by atoms with Gasteiger partial charge in [0, 0.05) is 32.1 Å². The average molecular weight is 289 g/mol. The average Bonchev–Trinajstić information content (AvgIpc) is 2.88. The number of hydrogen-bond donors (Lipinski definition) is 2. The molecule has 5 heteroatoms. The molecule has 2 aromatic rings. The number of rotatable bonds is 7. The van der Waals surface area contributed by atoms with Crippen molar-refractivity contribution >= 4 is 22.5 Å². The van der Waals surface area contributed by atoms with E-state index in [-0.39, 0.29) is 18.4 Å². The minimum Gasteiger partial charge on any atom is -0.380 e. The van der Waals surface area contributed by atoms with Crippen molar-refractivity contribution in [2.24, 2.45) is 5.73 Å². The number of benzene rings is 1. The molecule has 0 fully saturated rings. The van der Waals surface area contributed by atoms with Gasteiger partial charge in [0.1, 0.15) is 0 Å². The topological polar surface area (TPSA) is 69.3 Å². The lowest BCUT2D eigenvalue weighted by atomic mass is 10.2. The van der Waals surface area contributed by atoms with Crippen LogP contribution in [0, 0.1) is 0 Å². The van der Waals surface area contributed by atoms with E-state index >= 15 is 0 Å². The number of aromatic nitrogens is 1. The maximum absolute atomic E-state index is 12.0. The fourth-order valence-corrected chi connectivity index (χ4v) is 2.38. The van der Waals surface area contributed by atoms with Crippen LogP contribution >= 0.6 is 0 Å². The lowest BCUT2D eigenvalue weighted by Crippen LogP contribution is -2.28. The van der Waals surface area contributed by atoms with Crippen molar-refractivity contribution < 1.29 is 9.53 Å². The number of ether oxygens (including phenoxy) is 1. The van der Waals surface area contributed by atoms with Gasteiger partial charge in [-0.2, -0.15) is 0 Å². The minimum absolute atomic E-state index is 0.0831. The second kappa shape index (κ2) is 7.24. The Bertz CT molecular complexity index is 603. The lowest BCUT2D eigenvalue weighted by molar-refractivity contribution is -0.118. The first-order valence-corrected chi connectivity index (χ1v) is 7.29.